The molecule has 0 N–H and O–H groups in total. The van der Waals surface area contributed by atoms with Crippen molar-refractivity contribution in [2.75, 3.05) is 19.6 Å². The number of rotatable bonds is 4. The van der Waals surface area contributed by atoms with Crippen LogP contribution in [0.4, 0.5) is 0 Å². The van der Waals surface area contributed by atoms with Gasteiger partial charge in [-0.15, -0.1) is 11.3 Å². The van der Waals surface area contributed by atoms with Gasteiger partial charge in [0.15, 0.2) is 0 Å². The van der Waals surface area contributed by atoms with Crippen LogP contribution in [-0.2, 0) is 23.1 Å². The lowest BCUT2D eigenvalue weighted by molar-refractivity contribution is 0.294. The Balaban J connectivity index is 1.44. The number of sulfonamides is 1. The van der Waals surface area contributed by atoms with E-state index in [1.54, 1.807) is 15.6 Å². The minimum Gasteiger partial charge on any atom is -0.297 e. The van der Waals surface area contributed by atoms with E-state index < -0.39 is 10.0 Å². The molecule has 0 bridgehead atoms. The first kappa shape index (κ1) is 18.1. The molecule has 2 aromatic rings. The van der Waals surface area contributed by atoms with Crippen LogP contribution in [0.5, 0.6) is 0 Å². The maximum atomic E-state index is 13.0. The Hall–Kier alpha value is -1.28. The highest BCUT2D eigenvalue weighted by molar-refractivity contribution is 7.90. The van der Waals surface area contributed by atoms with Gasteiger partial charge in [0.05, 0.1) is 22.5 Å². The zero-order valence-corrected chi connectivity index (χ0v) is 17.1. The van der Waals surface area contributed by atoms with E-state index in [2.05, 4.69) is 41.9 Å². The zero-order chi connectivity index (χ0) is 18.5. The lowest BCUT2D eigenvalue weighted by Gasteiger charge is -2.21. The maximum absolute atomic E-state index is 13.0. The Morgan fingerprint density at radius 3 is 2.42 bits per heavy atom. The number of aryl methyl sites for hydroxylation is 3. The fourth-order valence-electron chi connectivity index (χ4n) is 4.36. The van der Waals surface area contributed by atoms with Crippen molar-refractivity contribution in [3.05, 3.63) is 51.0 Å². The molecule has 2 aliphatic heterocycles. The molecule has 5 nitrogen and oxygen atoms in total. The van der Waals surface area contributed by atoms with E-state index in [1.165, 1.54) is 16.7 Å². The number of aromatic nitrogens is 1. The number of fused-ring (bicyclic) bond motifs is 1. The molecule has 4 rings (SSSR count). The van der Waals surface area contributed by atoms with Gasteiger partial charge in [-0.3, -0.25) is 4.90 Å². The summed E-state index contributed by atoms with van der Waals surface area (Å²) in [5.41, 5.74) is 4.66. The summed E-state index contributed by atoms with van der Waals surface area (Å²) in [4.78, 5) is 6.72. The highest BCUT2D eigenvalue weighted by Crippen LogP contribution is 2.35. The molecule has 1 aromatic carbocycles. The molecule has 2 aliphatic rings. The molecule has 0 aliphatic carbocycles. The molecular weight excluding hydrogens is 366 g/mol. The normalized spacial score (nSPS) is 25.7. The van der Waals surface area contributed by atoms with Crippen LogP contribution in [0, 0.1) is 26.7 Å². The zero-order valence-electron chi connectivity index (χ0n) is 15.5. The number of likely N-dealkylation sites (tertiary alicyclic amines) is 1. The summed E-state index contributed by atoms with van der Waals surface area (Å²) in [5, 5.41) is 2.68. The molecule has 0 unspecified atom stereocenters. The smallest absolute Gasteiger partial charge is 0.218 e. The molecule has 140 valence electrons. The van der Waals surface area contributed by atoms with E-state index >= 15 is 0 Å². The van der Waals surface area contributed by atoms with Crippen LogP contribution in [0.1, 0.15) is 27.4 Å². The second kappa shape index (κ2) is 6.71. The number of benzene rings is 1. The summed E-state index contributed by atoms with van der Waals surface area (Å²) in [5.74, 6) is 0.200. The third kappa shape index (κ3) is 3.45. The van der Waals surface area contributed by atoms with Crippen molar-refractivity contribution < 1.29 is 8.42 Å². The van der Waals surface area contributed by atoms with Gasteiger partial charge in [0.2, 0.25) is 10.0 Å². The molecule has 2 saturated heterocycles. The first-order valence-electron chi connectivity index (χ1n) is 9.01. The highest BCUT2D eigenvalue weighted by Gasteiger charge is 2.50. The monoisotopic (exact) mass is 391 g/mol. The predicted molar refractivity (Wildman–Crippen MR) is 105 cm³/mol. The molecule has 0 saturated carbocycles. The molecular formula is C19H25N3O2S2. The standard InChI is InChI=1S/C19H25N3O2S2/c1-13-4-14(2)6-16(5-13)7-21-8-17-9-22(26(23,24)19(17)11-21)10-18-12-25-15(3)20-18/h4-6,12,17,19H,7-11H2,1-3H3/t17-,19+/m1/s1. The number of hydrogen-bond acceptors (Lipinski definition) is 5. The van der Waals surface area contributed by atoms with Crippen LogP contribution in [0.15, 0.2) is 23.6 Å². The van der Waals surface area contributed by atoms with Gasteiger partial charge in [-0.05, 0) is 26.3 Å². The molecule has 0 radical (unpaired) electrons. The van der Waals surface area contributed by atoms with Gasteiger partial charge in [0.25, 0.3) is 0 Å². The summed E-state index contributed by atoms with van der Waals surface area (Å²) in [6.45, 7) is 9.51. The van der Waals surface area contributed by atoms with Gasteiger partial charge >= 0.3 is 0 Å². The van der Waals surface area contributed by atoms with Crippen LogP contribution in [0.3, 0.4) is 0 Å². The largest absolute Gasteiger partial charge is 0.297 e. The van der Waals surface area contributed by atoms with Crippen LogP contribution < -0.4 is 0 Å². The van der Waals surface area contributed by atoms with Crippen molar-refractivity contribution in [3.63, 3.8) is 0 Å². The predicted octanol–water partition coefficient (Wildman–Crippen LogP) is 2.71. The van der Waals surface area contributed by atoms with Crippen molar-refractivity contribution in [3.8, 4) is 0 Å². The van der Waals surface area contributed by atoms with Gasteiger partial charge in [-0.2, -0.15) is 4.31 Å². The molecule has 26 heavy (non-hydrogen) atoms. The van der Waals surface area contributed by atoms with Crippen molar-refractivity contribution in [2.24, 2.45) is 5.92 Å². The fraction of sp³-hybridized carbons (Fsp3) is 0.526. The summed E-state index contributed by atoms with van der Waals surface area (Å²) in [6, 6.07) is 6.57. The number of thiazole rings is 1. The van der Waals surface area contributed by atoms with Gasteiger partial charge in [0, 0.05) is 37.5 Å². The molecule has 3 heterocycles. The quantitative estimate of drug-likeness (QED) is 0.804. The molecule has 1 aromatic heterocycles. The molecule has 0 amide bonds. The van der Waals surface area contributed by atoms with Gasteiger partial charge in [-0.1, -0.05) is 29.3 Å². The SMILES string of the molecule is Cc1cc(C)cc(CN2C[C@@H]3CN(Cc4csc(C)n4)S(=O)(=O)[C@H]3C2)c1. The second-order valence-electron chi connectivity index (χ2n) is 7.68. The average molecular weight is 392 g/mol. The first-order chi connectivity index (χ1) is 12.3. The molecule has 7 heteroatoms. The minimum absolute atomic E-state index is 0.200. The van der Waals surface area contributed by atoms with E-state index in [9.17, 15) is 8.42 Å². The van der Waals surface area contributed by atoms with E-state index in [4.69, 9.17) is 0 Å². The minimum atomic E-state index is -3.24. The van der Waals surface area contributed by atoms with E-state index in [-0.39, 0.29) is 11.2 Å². The lowest BCUT2D eigenvalue weighted by Crippen LogP contribution is -2.34. The summed E-state index contributed by atoms with van der Waals surface area (Å²) in [7, 11) is -3.24. The Labute approximate surface area is 159 Å². The van der Waals surface area contributed by atoms with E-state index in [0.29, 0.717) is 19.6 Å². The van der Waals surface area contributed by atoms with Crippen molar-refractivity contribution in [2.45, 2.75) is 39.1 Å². The first-order valence-corrected chi connectivity index (χ1v) is 11.4. The van der Waals surface area contributed by atoms with Gasteiger partial charge < -0.3 is 0 Å². The third-order valence-electron chi connectivity index (χ3n) is 5.33. The molecule has 0 spiro atoms. The Bertz CT molecular complexity index is 902. The lowest BCUT2D eigenvalue weighted by atomic mass is 10.1. The fourth-order valence-corrected chi connectivity index (χ4v) is 7.12. The number of hydrogen-bond donors (Lipinski definition) is 0. The maximum Gasteiger partial charge on any atom is 0.218 e. The van der Waals surface area contributed by atoms with Crippen LogP contribution in [0.2, 0.25) is 0 Å². The topological polar surface area (TPSA) is 53.5 Å². The van der Waals surface area contributed by atoms with Crippen molar-refractivity contribution >= 4 is 21.4 Å². The van der Waals surface area contributed by atoms with Crippen LogP contribution >= 0.6 is 11.3 Å². The number of nitrogens with zero attached hydrogens (tertiary/aromatic N) is 3. The van der Waals surface area contributed by atoms with Gasteiger partial charge in [-0.25, -0.2) is 13.4 Å². The molecule has 2 atom stereocenters. The van der Waals surface area contributed by atoms with Crippen LogP contribution in [0.25, 0.3) is 0 Å². The Morgan fingerprint density at radius 2 is 1.81 bits per heavy atom. The van der Waals surface area contributed by atoms with Gasteiger partial charge in [0.1, 0.15) is 0 Å². The summed E-state index contributed by atoms with van der Waals surface area (Å²) < 4.78 is 27.6. The summed E-state index contributed by atoms with van der Waals surface area (Å²) in [6.07, 6.45) is 0. The molecule has 2 fully saturated rings. The Morgan fingerprint density at radius 1 is 1.08 bits per heavy atom. The Kier molecular flexibility index (Phi) is 4.67. The van der Waals surface area contributed by atoms with Crippen molar-refractivity contribution in [1.82, 2.24) is 14.2 Å². The van der Waals surface area contributed by atoms with E-state index in [0.717, 1.165) is 23.8 Å². The third-order valence-corrected chi connectivity index (χ3v) is 8.45. The second-order valence-corrected chi connectivity index (χ2v) is 10.9. The highest BCUT2D eigenvalue weighted by atomic mass is 32.2. The summed E-state index contributed by atoms with van der Waals surface area (Å²) >= 11 is 1.57. The average Bonchev–Trinajstić information content (AvgIpc) is 3.17. The van der Waals surface area contributed by atoms with Crippen LogP contribution in [-0.4, -0.2) is 47.5 Å². The van der Waals surface area contributed by atoms with E-state index in [1.807, 2.05) is 12.3 Å². The van der Waals surface area contributed by atoms with Crippen molar-refractivity contribution in [1.29, 1.82) is 0 Å².